The van der Waals surface area contributed by atoms with Crippen molar-refractivity contribution in [3.05, 3.63) is 24.8 Å². The molecule has 1 fully saturated rings. The van der Waals surface area contributed by atoms with Gasteiger partial charge in [-0.2, -0.15) is 0 Å². The molecule has 7 nitrogen and oxygen atoms in total. The molecule has 94 valence electrons. The molecule has 0 spiro atoms. The Morgan fingerprint density at radius 3 is 2.65 bits per heavy atom. The minimum atomic E-state index is -0.823. The lowest BCUT2D eigenvalue weighted by Gasteiger charge is -2.16. The molecule has 1 rings (SSSR count). The Morgan fingerprint density at radius 1 is 1.53 bits per heavy atom. The van der Waals surface area contributed by atoms with Crippen LogP contribution >= 0.6 is 0 Å². The molecule has 1 atom stereocenters. The fourth-order valence-electron chi connectivity index (χ4n) is 0.636. The molecular weight excluding hydrogens is 230 g/mol. The quantitative estimate of drug-likeness (QED) is 0.361. The Balaban J connectivity index is 2.43. The summed E-state index contributed by atoms with van der Waals surface area (Å²) in [5.41, 5.74) is 0.135. The Bertz CT molecular complexity index is 336. The molecule has 0 aromatic rings. The van der Waals surface area contributed by atoms with Crippen LogP contribution in [0.4, 0.5) is 0 Å². The van der Waals surface area contributed by atoms with Crippen LogP contribution in [-0.4, -0.2) is 36.6 Å². The summed E-state index contributed by atoms with van der Waals surface area (Å²) >= 11 is 0. The van der Waals surface area contributed by atoms with Crippen molar-refractivity contribution in [1.82, 2.24) is 5.39 Å². The number of rotatable bonds is 7. The van der Waals surface area contributed by atoms with Crippen LogP contribution in [0.3, 0.4) is 0 Å². The van der Waals surface area contributed by atoms with E-state index in [2.05, 4.69) is 22.8 Å². The number of hydrogen-bond acceptors (Lipinski definition) is 7. The van der Waals surface area contributed by atoms with Crippen molar-refractivity contribution >= 4 is 11.9 Å². The molecular formula is C10H13NO6. The molecule has 0 aliphatic carbocycles. The summed E-state index contributed by atoms with van der Waals surface area (Å²) < 4.78 is 4.87. The molecule has 0 bridgehead atoms. The van der Waals surface area contributed by atoms with E-state index in [0.717, 1.165) is 6.08 Å². The van der Waals surface area contributed by atoms with Gasteiger partial charge in [-0.1, -0.05) is 13.2 Å². The molecule has 0 aromatic heterocycles. The van der Waals surface area contributed by atoms with Crippen molar-refractivity contribution in [2.45, 2.75) is 13.0 Å². The molecule has 1 heterocycles. The Morgan fingerprint density at radius 2 is 2.18 bits per heavy atom. The van der Waals surface area contributed by atoms with Gasteiger partial charge in [0.15, 0.2) is 5.39 Å². The van der Waals surface area contributed by atoms with Crippen LogP contribution in [0.2, 0.25) is 0 Å². The molecule has 1 aliphatic heterocycles. The van der Waals surface area contributed by atoms with Gasteiger partial charge in [-0.15, -0.1) is 0 Å². The summed E-state index contributed by atoms with van der Waals surface area (Å²) in [5, 5.41) is 0.322. The van der Waals surface area contributed by atoms with Crippen LogP contribution in [0.1, 0.15) is 6.92 Å². The average molecular weight is 243 g/mol. The zero-order valence-electron chi connectivity index (χ0n) is 9.38. The highest BCUT2D eigenvalue weighted by atomic mass is 17.2. The van der Waals surface area contributed by atoms with Crippen molar-refractivity contribution in [1.29, 1.82) is 0 Å². The number of carbonyl (C=O) groups excluding carboxylic acids is 2. The third-order valence-electron chi connectivity index (χ3n) is 1.61. The first-order valence-electron chi connectivity index (χ1n) is 4.79. The number of nitrogens with zero attached hydrogens (tertiary/aromatic N) is 1. The van der Waals surface area contributed by atoms with Crippen LogP contribution < -0.4 is 0 Å². The summed E-state index contributed by atoms with van der Waals surface area (Å²) in [5.74, 6) is -1.60. The molecule has 0 amide bonds. The van der Waals surface area contributed by atoms with Crippen LogP contribution in [0.25, 0.3) is 0 Å². The number of carbonyl (C=O) groups is 2. The zero-order chi connectivity index (χ0) is 12.8. The van der Waals surface area contributed by atoms with Crippen molar-refractivity contribution in [3.63, 3.8) is 0 Å². The second kappa shape index (κ2) is 6.14. The van der Waals surface area contributed by atoms with Crippen molar-refractivity contribution in [2.75, 3.05) is 13.2 Å². The molecule has 7 heteroatoms. The van der Waals surface area contributed by atoms with E-state index in [9.17, 15) is 9.59 Å². The summed E-state index contributed by atoms with van der Waals surface area (Å²) in [6, 6.07) is 0. The van der Waals surface area contributed by atoms with Gasteiger partial charge < -0.3 is 14.4 Å². The van der Waals surface area contributed by atoms with Gasteiger partial charge in [0.25, 0.3) is 0 Å². The Hall–Kier alpha value is -1.70. The molecule has 0 radical (unpaired) electrons. The number of epoxide rings is 1. The molecule has 1 unspecified atom stereocenters. The predicted octanol–water partition coefficient (Wildman–Crippen LogP) is 0.297. The van der Waals surface area contributed by atoms with Gasteiger partial charge in [0.1, 0.15) is 12.7 Å². The number of ether oxygens (including phenoxy) is 1. The summed E-state index contributed by atoms with van der Waals surface area (Å²) in [7, 11) is 0. The summed E-state index contributed by atoms with van der Waals surface area (Å²) in [6.45, 7) is 8.67. The first kappa shape index (κ1) is 13.4. The van der Waals surface area contributed by atoms with E-state index in [1.54, 1.807) is 0 Å². The normalized spacial score (nSPS) is 17.4. The van der Waals surface area contributed by atoms with E-state index in [0.29, 0.717) is 12.0 Å². The van der Waals surface area contributed by atoms with E-state index >= 15 is 0 Å². The minimum Gasteiger partial charge on any atom is -0.371 e. The predicted molar refractivity (Wildman–Crippen MR) is 54.7 cm³/mol. The largest absolute Gasteiger partial charge is 0.371 e. The van der Waals surface area contributed by atoms with Gasteiger partial charge in [-0.25, -0.2) is 14.4 Å². The topological polar surface area (TPSA) is 77.6 Å². The third-order valence-corrected chi connectivity index (χ3v) is 1.61. The van der Waals surface area contributed by atoms with Crippen molar-refractivity contribution in [3.8, 4) is 0 Å². The van der Waals surface area contributed by atoms with Crippen molar-refractivity contribution < 1.29 is 28.8 Å². The molecule has 1 saturated heterocycles. The standard InChI is InChI=1S/C10H13NO6/c1-4-9(12)16-11(15-6-8-5-14-8)17-10(13)7(2)3/h4,8H,1-2,5-6H2,3H3. The van der Waals surface area contributed by atoms with Gasteiger partial charge in [-0.05, 0) is 6.92 Å². The van der Waals surface area contributed by atoms with Gasteiger partial charge in [-0.3, -0.25) is 0 Å². The fraction of sp³-hybridized carbons (Fsp3) is 0.400. The highest BCUT2D eigenvalue weighted by molar-refractivity contribution is 5.86. The van der Waals surface area contributed by atoms with E-state index in [1.165, 1.54) is 6.92 Å². The van der Waals surface area contributed by atoms with Crippen LogP contribution in [-0.2, 0) is 28.8 Å². The smallest absolute Gasteiger partial charge is 0.358 e. The van der Waals surface area contributed by atoms with E-state index in [4.69, 9.17) is 9.57 Å². The molecule has 0 aromatic carbocycles. The molecule has 17 heavy (non-hydrogen) atoms. The molecule has 0 saturated carbocycles. The third kappa shape index (κ3) is 5.25. The lowest BCUT2D eigenvalue weighted by atomic mass is 10.4. The second-order valence-corrected chi connectivity index (χ2v) is 3.25. The zero-order valence-corrected chi connectivity index (χ0v) is 9.38. The van der Waals surface area contributed by atoms with E-state index < -0.39 is 11.9 Å². The van der Waals surface area contributed by atoms with Crippen molar-refractivity contribution in [2.24, 2.45) is 0 Å². The highest BCUT2D eigenvalue weighted by Crippen LogP contribution is 2.11. The first-order valence-corrected chi connectivity index (χ1v) is 4.79. The first-order chi connectivity index (χ1) is 8.02. The maximum atomic E-state index is 11.2. The number of hydrogen-bond donors (Lipinski definition) is 0. The monoisotopic (exact) mass is 243 g/mol. The van der Waals surface area contributed by atoms with Crippen LogP contribution in [0.15, 0.2) is 24.8 Å². The Kier molecular flexibility index (Phi) is 4.83. The van der Waals surface area contributed by atoms with E-state index in [-0.39, 0.29) is 18.3 Å². The second-order valence-electron chi connectivity index (χ2n) is 3.25. The van der Waals surface area contributed by atoms with Gasteiger partial charge in [0.05, 0.1) is 6.61 Å². The Labute approximate surface area is 98.0 Å². The highest BCUT2D eigenvalue weighted by Gasteiger charge is 2.26. The maximum Gasteiger partial charge on any atom is 0.358 e. The van der Waals surface area contributed by atoms with E-state index in [1.807, 2.05) is 0 Å². The minimum absolute atomic E-state index is 0.0801. The fourth-order valence-corrected chi connectivity index (χ4v) is 0.636. The van der Waals surface area contributed by atoms with Gasteiger partial charge in [0, 0.05) is 11.6 Å². The lowest BCUT2D eigenvalue weighted by Crippen LogP contribution is -2.31. The molecule has 0 N–H and O–H groups in total. The summed E-state index contributed by atoms with van der Waals surface area (Å²) in [6.07, 6.45) is 0.821. The maximum absolute atomic E-state index is 11.2. The SMILES string of the molecule is C=CC(=O)ON(OCC1CO1)OC(=O)C(=C)C. The summed E-state index contributed by atoms with van der Waals surface area (Å²) in [4.78, 5) is 36.1. The van der Waals surface area contributed by atoms with Gasteiger partial charge in [0.2, 0.25) is 0 Å². The van der Waals surface area contributed by atoms with Crippen LogP contribution in [0.5, 0.6) is 0 Å². The lowest BCUT2D eigenvalue weighted by molar-refractivity contribution is -0.483. The van der Waals surface area contributed by atoms with Crippen LogP contribution in [0, 0.1) is 0 Å². The van der Waals surface area contributed by atoms with Gasteiger partial charge >= 0.3 is 11.9 Å². The average Bonchev–Trinajstić information content (AvgIpc) is 3.09. The molecule has 1 aliphatic rings.